The molecule has 0 N–H and O–H groups in total. The maximum atomic E-state index is 0. The van der Waals surface area contributed by atoms with Crippen molar-refractivity contribution in [2.45, 2.75) is 0 Å². The van der Waals surface area contributed by atoms with E-state index < -0.39 is 0 Å². The molecule has 0 unspecified atom stereocenters. The van der Waals surface area contributed by atoms with Gasteiger partial charge in [0.2, 0.25) is 0 Å². The van der Waals surface area contributed by atoms with E-state index in [-0.39, 0.29) is 166 Å². The van der Waals surface area contributed by atoms with Gasteiger partial charge in [-0.3, -0.25) is 0 Å². The third kappa shape index (κ3) is 17.7. The molecule has 1 radical (unpaired) electrons. The summed E-state index contributed by atoms with van der Waals surface area (Å²) >= 11 is 0. The Morgan fingerprint density at radius 1 is 0.600 bits per heavy atom. The molecule has 0 aliphatic carbocycles. The van der Waals surface area contributed by atoms with Crippen LogP contribution in [0.25, 0.3) is 0 Å². The topological polar surface area (TPSA) is 57.0 Å². The molecular weight excluding hydrogens is 357 g/mol. The van der Waals surface area contributed by atoms with Crippen LogP contribution in [-0.2, 0) is 27.7 Å². The van der Waals surface area contributed by atoms with Crippen molar-refractivity contribution >= 4 is 0 Å². The minimum Gasteiger partial charge on any atom is -2.00 e. The first-order valence-electron chi connectivity index (χ1n) is 0. The van der Waals surface area contributed by atoms with E-state index >= 15 is 0 Å². The number of hydrogen-bond donors (Lipinski definition) is 0. The molecule has 0 saturated heterocycles. The van der Waals surface area contributed by atoms with Gasteiger partial charge in [-0.05, 0) is 0 Å². The first-order chi connectivity index (χ1) is 0. The molecular formula is CoCs2O2. The molecule has 5 heteroatoms. The zero-order chi connectivity index (χ0) is 0. The molecule has 0 spiro atoms. The van der Waals surface area contributed by atoms with Crippen molar-refractivity contribution < 1.29 is 166 Å². The van der Waals surface area contributed by atoms with Gasteiger partial charge in [0.15, 0.2) is 0 Å². The summed E-state index contributed by atoms with van der Waals surface area (Å²) < 4.78 is 0. The molecule has 0 aromatic rings. The van der Waals surface area contributed by atoms with Gasteiger partial charge in [0.05, 0.1) is 0 Å². The SMILES string of the molecule is [Co+2].[Cs+].[Cs+].[O-2].[O-2]. The first-order valence-corrected chi connectivity index (χ1v) is 0. The van der Waals surface area contributed by atoms with Crippen LogP contribution in [0.15, 0.2) is 0 Å². The minimum absolute atomic E-state index is 0. The second-order valence-electron chi connectivity index (χ2n) is 0. The second kappa shape index (κ2) is 23.6. The van der Waals surface area contributed by atoms with E-state index in [1.807, 2.05) is 0 Å². The smallest absolute Gasteiger partial charge is 2.00 e. The second-order valence-corrected chi connectivity index (χ2v) is 0. The largest absolute Gasteiger partial charge is 2.00 e. The summed E-state index contributed by atoms with van der Waals surface area (Å²) in [5.74, 6) is 0. The van der Waals surface area contributed by atoms with Crippen LogP contribution in [-0.4, -0.2) is 0 Å². The summed E-state index contributed by atoms with van der Waals surface area (Å²) in [6, 6.07) is 0. The van der Waals surface area contributed by atoms with Gasteiger partial charge in [0.25, 0.3) is 0 Å². The molecule has 0 aliphatic rings. The van der Waals surface area contributed by atoms with E-state index in [1.54, 1.807) is 0 Å². The predicted octanol–water partition coefficient (Wildman–Crippen LogP) is -6.23. The molecule has 0 fully saturated rings. The Labute approximate surface area is 159 Å². The van der Waals surface area contributed by atoms with E-state index in [0.717, 1.165) is 0 Å². The Kier molecular flexibility index (Phi) is 159. The van der Waals surface area contributed by atoms with E-state index in [0.29, 0.717) is 0 Å². The van der Waals surface area contributed by atoms with Gasteiger partial charge in [-0.25, -0.2) is 0 Å². The molecule has 0 atom stereocenters. The molecule has 2 nitrogen and oxygen atoms in total. The Hall–Kier alpha value is 4.53. The van der Waals surface area contributed by atoms with Crippen LogP contribution in [0, 0.1) is 0 Å². The van der Waals surface area contributed by atoms with Crippen LogP contribution in [0.3, 0.4) is 0 Å². The summed E-state index contributed by atoms with van der Waals surface area (Å²) in [7, 11) is 0. The van der Waals surface area contributed by atoms with Crippen molar-refractivity contribution in [2.75, 3.05) is 0 Å². The molecule has 0 aromatic heterocycles. The van der Waals surface area contributed by atoms with Crippen LogP contribution < -0.4 is 138 Å². The van der Waals surface area contributed by atoms with Crippen molar-refractivity contribution in [3.8, 4) is 0 Å². The molecule has 0 amide bonds. The van der Waals surface area contributed by atoms with Gasteiger partial charge >= 0.3 is 155 Å². The van der Waals surface area contributed by atoms with Crippen molar-refractivity contribution in [2.24, 2.45) is 0 Å². The zero-order valence-corrected chi connectivity index (χ0v) is 16.8. The van der Waals surface area contributed by atoms with Crippen molar-refractivity contribution in [3.63, 3.8) is 0 Å². The molecule has 23 valence electrons. The van der Waals surface area contributed by atoms with E-state index in [9.17, 15) is 0 Å². The molecule has 0 aliphatic heterocycles. The predicted molar refractivity (Wildman–Crippen MR) is 1.37 cm³/mol. The molecule has 5 heavy (non-hydrogen) atoms. The van der Waals surface area contributed by atoms with Crippen LogP contribution in [0.1, 0.15) is 0 Å². The van der Waals surface area contributed by atoms with Gasteiger partial charge < -0.3 is 11.0 Å². The fourth-order valence-electron chi connectivity index (χ4n) is 0. The van der Waals surface area contributed by atoms with Crippen molar-refractivity contribution in [1.29, 1.82) is 0 Å². The maximum absolute atomic E-state index is 0. The minimum atomic E-state index is 0. The summed E-state index contributed by atoms with van der Waals surface area (Å²) in [5, 5.41) is 0. The fourth-order valence-corrected chi connectivity index (χ4v) is 0. The van der Waals surface area contributed by atoms with Gasteiger partial charge in [-0.1, -0.05) is 0 Å². The standard InChI is InChI=1S/Co.2Cs.2O/q+2;2*+1;2*-2. The molecule has 0 aromatic carbocycles. The van der Waals surface area contributed by atoms with Crippen molar-refractivity contribution in [1.82, 2.24) is 0 Å². The van der Waals surface area contributed by atoms with Crippen LogP contribution in [0.5, 0.6) is 0 Å². The molecule has 0 saturated carbocycles. The van der Waals surface area contributed by atoms with Crippen molar-refractivity contribution in [3.05, 3.63) is 0 Å². The third-order valence-electron chi connectivity index (χ3n) is 0. The quantitative estimate of drug-likeness (QED) is 0.415. The Bertz CT molecular complexity index is 7.61. The summed E-state index contributed by atoms with van der Waals surface area (Å²) in [5.41, 5.74) is 0. The van der Waals surface area contributed by atoms with E-state index in [1.165, 1.54) is 0 Å². The molecule has 0 rings (SSSR count). The molecule has 0 bridgehead atoms. The zero-order valence-electron chi connectivity index (χ0n) is 3.15. The maximum Gasteiger partial charge on any atom is 2.00 e. The van der Waals surface area contributed by atoms with E-state index in [2.05, 4.69) is 0 Å². The normalized spacial score (nSPS) is 0. The average Bonchev–Trinajstić information content (AvgIpc) is 0. The van der Waals surface area contributed by atoms with Crippen LogP contribution in [0.4, 0.5) is 0 Å². The average molecular weight is 357 g/mol. The van der Waals surface area contributed by atoms with E-state index in [4.69, 9.17) is 0 Å². The van der Waals surface area contributed by atoms with Gasteiger partial charge in [0, 0.05) is 0 Å². The third-order valence-corrected chi connectivity index (χ3v) is 0. The van der Waals surface area contributed by atoms with Gasteiger partial charge in [0.1, 0.15) is 0 Å². The van der Waals surface area contributed by atoms with Crippen LogP contribution >= 0.6 is 0 Å². The number of hydrogen-bond acceptors (Lipinski definition) is 0. The Balaban J connectivity index is 0. The summed E-state index contributed by atoms with van der Waals surface area (Å²) in [6.07, 6.45) is 0. The Morgan fingerprint density at radius 2 is 0.600 bits per heavy atom. The molecule has 0 heterocycles. The fraction of sp³-hybridized carbons (Fsp3) is 0. The number of rotatable bonds is 0. The summed E-state index contributed by atoms with van der Waals surface area (Å²) in [6.45, 7) is 0. The monoisotopic (exact) mass is 357 g/mol. The Morgan fingerprint density at radius 3 is 0.600 bits per heavy atom. The van der Waals surface area contributed by atoms with Gasteiger partial charge in [-0.2, -0.15) is 0 Å². The van der Waals surface area contributed by atoms with Gasteiger partial charge in [-0.15, -0.1) is 0 Å². The first kappa shape index (κ1) is 33.8. The van der Waals surface area contributed by atoms with Crippen LogP contribution in [0.2, 0.25) is 0 Å². The summed E-state index contributed by atoms with van der Waals surface area (Å²) in [4.78, 5) is 0.